The predicted molar refractivity (Wildman–Crippen MR) is 91.6 cm³/mol. The zero-order valence-corrected chi connectivity index (χ0v) is 14.3. The average molecular weight is 362 g/mol. The molecule has 7 heteroatoms. The lowest BCUT2D eigenvalue weighted by atomic mass is 10.1. The first-order chi connectivity index (χ1) is 12.0. The summed E-state index contributed by atoms with van der Waals surface area (Å²) in [4.78, 5) is 23.4. The number of amides is 1. The minimum Gasteiger partial charge on any atom is -0.467 e. The molecule has 0 spiro atoms. The predicted octanol–water partition coefficient (Wildman–Crippen LogP) is 3.52. The summed E-state index contributed by atoms with van der Waals surface area (Å²) in [6.45, 7) is 1.97. The molecule has 0 fully saturated rings. The number of nitrogens with one attached hydrogen (secondary N) is 1. The summed E-state index contributed by atoms with van der Waals surface area (Å²) in [7, 11) is 0. The fourth-order valence-corrected chi connectivity index (χ4v) is 2.78. The number of ether oxygens (including phenoxy) is 3. The Balaban J connectivity index is 1.73. The van der Waals surface area contributed by atoms with Crippen LogP contribution in [-0.2, 0) is 27.5 Å². The summed E-state index contributed by atoms with van der Waals surface area (Å²) in [6, 6.07) is 10.0. The molecule has 2 aromatic rings. The molecule has 0 saturated carbocycles. The van der Waals surface area contributed by atoms with Crippen molar-refractivity contribution in [2.75, 3.05) is 12.1 Å². The highest BCUT2D eigenvalue weighted by Gasteiger charge is 2.18. The van der Waals surface area contributed by atoms with Crippen LogP contribution in [0.5, 0.6) is 5.75 Å². The molecule has 6 nitrogen and oxygen atoms in total. The third-order valence-corrected chi connectivity index (χ3v) is 3.75. The van der Waals surface area contributed by atoms with E-state index in [1.807, 2.05) is 0 Å². The Hall–Kier alpha value is -2.57. The summed E-state index contributed by atoms with van der Waals surface area (Å²) in [5.74, 6) is -0.0844. The molecular weight excluding hydrogens is 346 g/mol. The van der Waals surface area contributed by atoms with E-state index >= 15 is 0 Å². The van der Waals surface area contributed by atoms with Gasteiger partial charge >= 0.3 is 5.97 Å². The van der Waals surface area contributed by atoms with Gasteiger partial charge in [-0.25, -0.2) is 4.79 Å². The van der Waals surface area contributed by atoms with Crippen LogP contribution in [0.3, 0.4) is 0 Å². The molecular formula is C18H16ClNO5. The van der Waals surface area contributed by atoms with Crippen molar-refractivity contribution >= 4 is 29.2 Å². The number of carbonyl (C=O) groups excluding carboxylic acids is 2. The first-order valence-electron chi connectivity index (χ1n) is 7.59. The number of fused-ring (bicyclic) bond motifs is 1. The van der Waals surface area contributed by atoms with Crippen molar-refractivity contribution in [3.05, 3.63) is 58.1 Å². The van der Waals surface area contributed by atoms with Crippen LogP contribution in [0.15, 0.2) is 36.4 Å². The van der Waals surface area contributed by atoms with Crippen LogP contribution in [0.1, 0.15) is 28.4 Å². The van der Waals surface area contributed by atoms with Gasteiger partial charge in [-0.05, 0) is 30.3 Å². The minimum atomic E-state index is -0.506. The quantitative estimate of drug-likeness (QED) is 0.843. The Morgan fingerprint density at radius 1 is 1.28 bits per heavy atom. The number of anilines is 1. The fourth-order valence-electron chi connectivity index (χ4n) is 2.52. The maximum absolute atomic E-state index is 12.3. The highest BCUT2D eigenvalue weighted by Crippen LogP contribution is 2.32. The number of hydrogen-bond donors (Lipinski definition) is 1. The van der Waals surface area contributed by atoms with Gasteiger partial charge in [-0.15, -0.1) is 0 Å². The van der Waals surface area contributed by atoms with Gasteiger partial charge in [0.05, 0.1) is 12.2 Å². The molecule has 1 amide bonds. The zero-order chi connectivity index (χ0) is 17.8. The molecule has 0 saturated heterocycles. The van der Waals surface area contributed by atoms with Crippen LogP contribution in [0.25, 0.3) is 0 Å². The van der Waals surface area contributed by atoms with Crippen molar-refractivity contribution in [3.63, 3.8) is 0 Å². The smallest absolute Gasteiger partial charge is 0.338 e. The van der Waals surface area contributed by atoms with Gasteiger partial charge in [0.1, 0.15) is 12.4 Å². The van der Waals surface area contributed by atoms with E-state index in [1.165, 1.54) is 6.92 Å². The van der Waals surface area contributed by atoms with E-state index in [4.69, 9.17) is 25.8 Å². The summed E-state index contributed by atoms with van der Waals surface area (Å²) < 4.78 is 16.1. The molecule has 1 N–H and O–H groups in total. The summed E-state index contributed by atoms with van der Waals surface area (Å²) >= 11 is 6.09. The van der Waals surface area contributed by atoms with E-state index < -0.39 is 5.97 Å². The van der Waals surface area contributed by atoms with Crippen molar-refractivity contribution in [2.24, 2.45) is 0 Å². The van der Waals surface area contributed by atoms with Crippen molar-refractivity contribution in [1.29, 1.82) is 0 Å². The summed E-state index contributed by atoms with van der Waals surface area (Å²) in [6.07, 6.45) is 0. The second-order valence-electron chi connectivity index (χ2n) is 5.50. The van der Waals surface area contributed by atoms with Crippen LogP contribution in [0.2, 0.25) is 5.02 Å². The second kappa shape index (κ2) is 7.55. The summed E-state index contributed by atoms with van der Waals surface area (Å²) in [5, 5.41) is 3.14. The number of benzene rings is 2. The van der Waals surface area contributed by atoms with Crippen molar-refractivity contribution in [3.8, 4) is 5.75 Å². The van der Waals surface area contributed by atoms with Gasteiger partial charge in [-0.3, -0.25) is 4.79 Å². The highest BCUT2D eigenvalue weighted by molar-refractivity contribution is 6.30. The van der Waals surface area contributed by atoms with Gasteiger partial charge in [0, 0.05) is 28.8 Å². The first kappa shape index (κ1) is 17.3. The Bertz CT molecular complexity index is 821. The molecule has 0 aromatic heterocycles. The molecule has 0 radical (unpaired) electrons. The zero-order valence-electron chi connectivity index (χ0n) is 13.5. The van der Waals surface area contributed by atoms with E-state index in [0.29, 0.717) is 34.2 Å². The molecule has 0 atom stereocenters. The fraction of sp³-hybridized carbons (Fsp3) is 0.222. The summed E-state index contributed by atoms with van der Waals surface area (Å²) in [5.41, 5.74) is 2.36. The van der Waals surface area contributed by atoms with Crippen molar-refractivity contribution in [1.82, 2.24) is 0 Å². The molecule has 2 aromatic carbocycles. The van der Waals surface area contributed by atoms with Gasteiger partial charge in [0.15, 0.2) is 6.79 Å². The lowest BCUT2D eigenvalue weighted by Gasteiger charge is -2.21. The first-order valence-corrected chi connectivity index (χ1v) is 7.97. The molecule has 1 aliphatic heterocycles. The average Bonchev–Trinajstić information content (AvgIpc) is 2.59. The van der Waals surface area contributed by atoms with E-state index in [2.05, 4.69) is 5.32 Å². The third-order valence-electron chi connectivity index (χ3n) is 3.53. The molecule has 0 bridgehead atoms. The van der Waals surface area contributed by atoms with Gasteiger partial charge in [-0.2, -0.15) is 0 Å². The molecule has 0 unspecified atom stereocenters. The SMILES string of the molecule is CC(=O)Nc1cccc(C(=O)OCc2cc(Cl)cc3c2OCOC3)c1. The van der Waals surface area contributed by atoms with E-state index in [1.54, 1.807) is 36.4 Å². The second-order valence-corrected chi connectivity index (χ2v) is 5.94. The van der Waals surface area contributed by atoms with Crippen molar-refractivity contribution < 1.29 is 23.8 Å². The van der Waals surface area contributed by atoms with Gasteiger partial charge < -0.3 is 19.5 Å². The van der Waals surface area contributed by atoms with Gasteiger partial charge in [0.25, 0.3) is 0 Å². The maximum atomic E-state index is 12.3. The van der Waals surface area contributed by atoms with Crippen LogP contribution >= 0.6 is 11.6 Å². The third kappa shape index (κ3) is 4.29. The van der Waals surface area contributed by atoms with E-state index in [-0.39, 0.29) is 19.3 Å². The Labute approximate surface area is 149 Å². The monoisotopic (exact) mass is 361 g/mol. The Morgan fingerprint density at radius 2 is 2.12 bits per heavy atom. The highest BCUT2D eigenvalue weighted by atomic mass is 35.5. The van der Waals surface area contributed by atoms with Crippen LogP contribution < -0.4 is 10.1 Å². The lowest BCUT2D eigenvalue weighted by Crippen LogP contribution is -2.14. The van der Waals surface area contributed by atoms with Crippen LogP contribution in [-0.4, -0.2) is 18.7 Å². The van der Waals surface area contributed by atoms with Crippen LogP contribution in [0.4, 0.5) is 5.69 Å². The molecule has 0 aliphatic carbocycles. The normalized spacial score (nSPS) is 12.7. The maximum Gasteiger partial charge on any atom is 0.338 e. The minimum absolute atomic E-state index is 0.0199. The number of rotatable bonds is 4. The molecule has 25 heavy (non-hydrogen) atoms. The number of hydrogen-bond acceptors (Lipinski definition) is 5. The van der Waals surface area contributed by atoms with E-state index in [9.17, 15) is 9.59 Å². The molecule has 1 aliphatic rings. The standard InChI is InChI=1S/C18H16ClNO5/c1-11(21)20-16-4-2-3-12(7-16)18(22)24-9-14-6-15(19)5-13-8-23-10-25-17(13)14/h2-7H,8-10H2,1H3,(H,20,21). The van der Waals surface area contributed by atoms with Crippen LogP contribution in [0, 0.1) is 0 Å². The molecule has 130 valence electrons. The topological polar surface area (TPSA) is 73.9 Å². The van der Waals surface area contributed by atoms with Gasteiger partial charge in [0.2, 0.25) is 5.91 Å². The molecule has 3 rings (SSSR count). The van der Waals surface area contributed by atoms with E-state index in [0.717, 1.165) is 5.56 Å². The number of carbonyl (C=O) groups is 2. The molecule has 1 heterocycles. The lowest BCUT2D eigenvalue weighted by molar-refractivity contribution is -0.114. The largest absolute Gasteiger partial charge is 0.467 e. The van der Waals surface area contributed by atoms with Gasteiger partial charge in [-0.1, -0.05) is 17.7 Å². The Morgan fingerprint density at radius 3 is 2.92 bits per heavy atom. The Kier molecular flexibility index (Phi) is 5.21. The number of esters is 1. The van der Waals surface area contributed by atoms with Crippen molar-refractivity contribution in [2.45, 2.75) is 20.1 Å². The number of halogens is 1.